The number of amides is 1. The first-order valence-corrected chi connectivity index (χ1v) is 29.0. The summed E-state index contributed by atoms with van der Waals surface area (Å²) in [4.78, 5) is 26.3. The number of esters is 1. The van der Waals surface area contributed by atoms with E-state index in [1.807, 2.05) is 0 Å². The largest absolute Gasteiger partial charge is 0.462 e. The molecule has 3 unspecified atom stereocenters. The lowest BCUT2D eigenvalue weighted by Gasteiger charge is -2.24. The van der Waals surface area contributed by atoms with Crippen LogP contribution in [0.1, 0.15) is 290 Å². The van der Waals surface area contributed by atoms with E-state index in [1.165, 1.54) is 135 Å². The minimum absolute atomic E-state index is 0.0559. The van der Waals surface area contributed by atoms with E-state index in [2.05, 4.69) is 86.8 Å². The molecule has 67 heavy (non-hydrogen) atoms. The number of rotatable bonds is 52. The third-order valence-corrected chi connectivity index (χ3v) is 13.1. The molecule has 6 heteroatoms. The Hall–Kier alpha value is -2.44. The van der Waals surface area contributed by atoms with Crippen LogP contribution < -0.4 is 5.32 Å². The van der Waals surface area contributed by atoms with Crippen molar-refractivity contribution in [1.82, 2.24) is 5.32 Å². The number of allylic oxidation sites excluding steroid dienone is 10. The lowest BCUT2D eigenvalue weighted by molar-refractivity contribution is -0.151. The summed E-state index contributed by atoms with van der Waals surface area (Å²) in [5.41, 5.74) is 0. The molecule has 0 aromatic heterocycles. The summed E-state index contributed by atoms with van der Waals surface area (Å²) in [5.74, 6) is -0.507. The van der Waals surface area contributed by atoms with E-state index in [-0.39, 0.29) is 24.9 Å². The molecular formula is C61H111NO5. The summed E-state index contributed by atoms with van der Waals surface area (Å²) in [6, 6.07) is -0.715. The van der Waals surface area contributed by atoms with Crippen LogP contribution in [-0.4, -0.2) is 46.9 Å². The monoisotopic (exact) mass is 938 g/mol. The van der Waals surface area contributed by atoms with Gasteiger partial charge in [-0.2, -0.15) is 0 Å². The average molecular weight is 939 g/mol. The van der Waals surface area contributed by atoms with Crippen molar-refractivity contribution in [3.05, 3.63) is 60.8 Å². The summed E-state index contributed by atoms with van der Waals surface area (Å²) in [6.07, 6.45) is 68.6. The molecule has 0 rings (SSSR count). The van der Waals surface area contributed by atoms with Gasteiger partial charge in [0.05, 0.1) is 25.2 Å². The SMILES string of the molecule is CC/C=C/C/C=C/C/C=C/CCCCCCC(CC(=O)NC(CO)C(O)CCCCCCCCCCCCCCCCCC)OC(=O)CCCCCCC/C=C/C=C/CCCCCCCCC. The van der Waals surface area contributed by atoms with Gasteiger partial charge in [0.2, 0.25) is 5.91 Å². The van der Waals surface area contributed by atoms with Gasteiger partial charge in [-0.25, -0.2) is 0 Å². The van der Waals surface area contributed by atoms with Gasteiger partial charge in [-0.05, 0) is 83.5 Å². The first-order valence-electron chi connectivity index (χ1n) is 29.0. The fourth-order valence-electron chi connectivity index (χ4n) is 8.73. The molecular weight excluding hydrogens is 827 g/mol. The molecule has 0 bridgehead atoms. The summed E-state index contributed by atoms with van der Waals surface area (Å²) in [5, 5.41) is 23.9. The number of carbonyl (C=O) groups is 2. The fourth-order valence-corrected chi connectivity index (χ4v) is 8.73. The maximum absolute atomic E-state index is 13.3. The molecule has 0 aromatic rings. The second kappa shape index (κ2) is 54.5. The summed E-state index contributed by atoms with van der Waals surface area (Å²) < 4.78 is 5.94. The van der Waals surface area contributed by atoms with E-state index in [0.29, 0.717) is 19.3 Å². The standard InChI is InChI=1S/C61H111NO5/c1-4-7-10-13-16-19-22-25-28-30-31-33-36-39-42-45-48-51-54-61(66)67-57(52-49-46-43-40-37-34-27-24-21-18-15-12-9-6-3)55-60(65)62-58(56-63)59(64)53-50-47-44-41-38-35-32-29-26-23-20-17-14-11-8-5-2/h9,12,18,21,27-28,30-31,33-34,57-59,63-64H,4-8,10-11,13-17,19-20,22-26,29,32,35-56H2,1-3H3,(H,62,65)/b12-9+,21-18+,30-28+,33-31+,34-27+. The second-order valence-electron chi connectivity index (χ2n) is 19.7. The Kier molecular flexibility index (Phi) is 52.5. The molecule has 0 saturated heterocycles. The highest BCUT2D eigenvalue weighted by atomic mass is 16.5. The summed E-state index contributed by atoms with van der Waals surface area (Å²) in [6.45, 7) is 6.38. The number of hydrogen-bond donors (Lipinski definition) is 3. The van der Waals surface area contributed by atoms with E-state index in [9.17, 15) is 19.8 Å². The summed E-state index contributed by atoms with van der Waals surface area (Å²) >= 11 is 0. The molecule has 1 amide bonds. The number of aliphatic hydroxyl groups is 2. The maximum atomic E-state index is 13.3. The molecule has 0 aliphatic heterocycles. The van der Waals surface area contributed by atoms with E-state index >= 15 is 0 Å². The molecule has 0 aromatic carbocycles. The molecule has 6 nitrogen and oxygen atoms in total. The Morgan fingerprint density at radius 2 is 0.851 bits per heavy atom. The first kappa shape index (κ1) is 64.6. The van der Waals surface area contributed by atoms with E-state index in [1.54, 1.807) is 0 Å². The fraction of sp³-hybridized carbons (Fsp3) is 0.803. The van der Waals surface area contributed by atoms with Gasteiger partial charge < -0.3 is 20.3 Å². The number of hydrogen-bond acceptors (Lipinski definition) is 5. The van der Waals surface area contributed by atoms with Crippen LogP contribution in [0.3, 0.4) is 0 Å². The third kappa shape index (κ3) is 49.8. The van der Waals surface area contributed by atoms with Crippen molar-refractivity contribution in [2.24, 2.45) is 0 Å². The van der Waals surface area contributed by atoms with Crippen LogP contribution in [0.15, 0.2) is 60.8 Å². The molecule has 0 aliphatic carbocycles. The van der Waals surface area contributed by atoms with Crippen molar-refractivity contribution in [1.29, 1.82) is 0 Å². The van der Waals surface area contributed by atoms with Crippen LogP contribution in [-0.2, 0) is 14.3 Å². The van der Waals surface area contributed by atoms with Gasteiger partial charge >= 0.3 is 5.97 Å². The third-order valence-electron chi connectivity index (χ3n) is 13.1. The van der Waals surface area contributed by atoms with Gasteiger partial charge in [0.1, 0.15) is 6.10 Å². The highest BCUT2D eigenvalue weighted by molar-refractivity contribution is 5.77. The van der Waals surface area contributed by atoms with Gasteiger partial charge in [-0.3, -0.25) is 9.59 Å². The van der Waals surface area contributed by atoms with Gasteiger partial charge in [0.25, 0.3) is 0 Å². The Balaban J connectivity index is 4.58. The predicted octanol–water partition coefficient (Wildman–Crippen LogP) is 18.0. The van der Waals surface area contributed by atoms with Gasteiger partial charge in [-0.1, -0.05) is 255 Å². The highest BCUT2D eigenvalue weighted by Gasteiger charge is 2.24. The van der Waals surface area contributed by atoms with E-state index < -0.39 is 18.2 Å². The Labute approximate surface area is 416 Å². The molecule has 390 valence electrons. The van der Waals surface area contributed by atoms with Crippen molar-refractivity contribution in [3.63, 3.8) is 0 Å². The van der Waals surface area contributed by atoms with Crippen LogP contribution in [0.2, 0.25) is 0 Å². The number of ether oxygens (including phenoxy) is 1. The minimum atomic E-state index is -0.799. The van der Waals surface area contributed by atoms with Crippen LogP contribution in [0.5, 0.6) is 0 Å². The molecule has 3 N–H and O–H groups in total. The Bertz CT molecular complexity index is 1190. The van der Waals surface area contributed by atoms with Crippen molar-refractivity contribution < 1.29 is 24.5 Å². The second-order valence-corrected chi connectivity index (χ2v) is 19.7. The molecule has 0 fully saturated rings. The number of nitrogens with one attached hydrogen (secondary N) is 1. The number of unbranched alkanes of at least 4 members (excludes halogenated alkanes) is 31. The smallest absolute Gasteiger partial charge is 0.306 e. The zero-order chi connectivity index (χ0) is 48.8. The molecule has 0 saturated carbocycles. The zero-order valence-corrected chi connectivity index (χ0v) is 44.5. The normalized spacial score (nSPS) is 13.6. The van der Waals surface area contributed by atoms with Gasteiger partial charge in [-0.15, -0.1) is 0 Å². The van der Waals surface area contributed by atoms with Crippen molar-refractivity contribution in [2.45, 2.75) is 309 Å². The van der Waals surface area contributed by atoms with Gasteiger partial charge in [0.15, 0.2) is 0 Å². The van der Waals surface area contributed by atoms with Crippen molar-refractivity contribution in [2.75, 3.05) is 6.61 Å². The molecule has 0 aliphatic rings. The van der Waals surface area contributed by atoms with Crippen molar-refractivity contribution >= 4 is 11.9 Å². The first-order chi connectivity index (χ1) is 33.0. The van der Waals surface area contributed by atoms with Crippen LogP contribution in [0.25, 0.3) is 0 Å². The van der Waals surface area contributed by atoms with Gasteiger partial charge in [0, 0.05) is 6.42 Å². The zero-order valence-electron chi connectivity index (χ0n) is 44.5. The molecule has 0 radical (unpaired) electrons. The van der Waals surface area contributed by atoms with Crippen molar-refractivity contribution in [3.8, 4) is 0 Å². The molecule has 0 heterocycles. The average Bonchev–Trinajstić information content (AvgIpc) is 3.32. The topological polar surface area (TPSA) is 95.9 Å². The Morgan fingerprint density at radius 1 is 0.463 bits per heavy atom. The molecule has 0 spiro atoms. The number of carbonyl (C=O) groups excluding carboxylic acids is 2. The van der Waals surface area contributed by atoms with E-state index in [4.69, 9.17) is 4.74 Å². The molecule has 3 atom stereocenters. The summed E-state index contributed by atoms with van der Waals surface area (Å²) in [7, 11) is 0. The van der Waals surface area contributed by atoms with Crippen LogP contribution >= 0.6 is 0 Å². The maximum Gasteiger partial charge on any atom is 0.306 e. The number of aliphatic hydroxyl groups excluding tert-OH is 2. The Morgan fingerprint density at radius 3 is 1.31 bits per heavy atom. The lowest BCUT2D eigenvalue weighted by Crippen LogP contribution is -2.46. The quantitative estimate of drug-likeness (QED) is 0.0244. The minimum Gasteiger partial charge on any atom is -0.462 e. The van der Waals surface area contributed by atoms with Crippen LogP contribution in [0.4, 0.5) is 0 Å². The lowest BCUT2D eigenvalue weighted by atomic mass is 10.0. The highest BCUT2D eigenvalue weighted by Crippen LogP contribution is 2.18. The van der Waals surface area contributed by atoms with E-state index in [0.717, 1.165) is 109 Å². The predicted molar refractivity (Wildman–Crippen MR) is 292 cm³/mol. The van der Waals surface area contributed by atoms with Crippen LogP contribution in [0, 0.1) is 0 Å².